The Balaban J connectivity index is 2.90. The van der Waals surface area contributed by atoms with Crippen LogP contribution >= 0.6 is 0 Å². The number of hydrogen-bond donors (Lipinski definition) is 1. The molecular formula is C10H13NO4. The molecule has 0 aliphatic carbocycles. The number of hydrogen-bond acceptors (Lipinski definition) is 4. The smallest absolute Gasteiger partial charge is 0.308 e. The lowest BCUT2D eigenvalue weighted by atomic mass is 9.70. The molecule has 0 aromatic carbocycles. The molecule has 0 radical (unpaired) electrons. The van der Waals surface area contributed by atoms with Crippen LogP contribution in [0.5, 0.6) is 0 Å². The highest BCUT2D eigenvalue weighted by atomic mass is 16.5. The van der Waals surface area contributed by atoms with Crippen LogP contribution in [-0.2, 0) is 14.3 Å². The van der Waals surface area contributed by atoms with Crippen molar-refractivity contribution in [3.05, 3.63) is 0 Å². The molecule has 1 atom stereocenters. The molecule has 5 nitrogen and oxygen atoms in total. The van der Waals surface area contributed by atoms with Gasteiger partial charge in [0.25, 0.3) is 0 Å². The fourth-order valence-electron chi connectivity index (χ4n) is 1.93. The van der Waals surface area contributed by atoms with Crippen LogP contribution in [-0.4, -0.2) is 30.6 Å². The molecule has 0 bridgehead atoms. The molecular weight excluding hydrogens is 198 g/mol. The molecule has 1 heterocycles. The van der Waals surface area contributed by atoms with Gasteiger partial charge in [0.15, 0.2) is 0 Å². The van der Waals surface area contributed by atoms with Crippen molar-refractivity contribution >= 4 is 12.3 Å². The number of aldehydes is 1. The molecule has 0 amide bonds. The van der Waals surface area contributed by atoms with Gasteiger partial charge in [-0.05, 0) is 12.8 Å². The number of rotatable bonds is 4. The van der Waals surface area contributed by atoms with Crippen LogP contribution in [0, 0.1) is 22.7 Å². The van der Waals surface area contributed by atoms with E-state index in [2.05, 4.69) is 6.07 Å². The third kappa shape index (κ3) is 2.34. The molecule has 0 saturated carbocycles. The normalized spacial score (nSPS) is 21.3. The van der Waals surface area contributed by atoms with Gasteiger partial charge in [0.05, 0.1) is 17.4 Å². The van der Waals surface area contributed by atoms with Gasteiger partial charge in [-0.25, -0.2) is 0 Å². The van der Waals surface area contributed by atoms with Crippen molar-refractivity contribution in [3.8, 4) is 6.07 Å². The standard InChI is InChI=1S/C10H13NO4/c11-7-10(2-5-15-6-3-10)8(1-4-12)9(13)14/h4,8H,1-3,5-6H2,(H,13,14). The molecule has 1 fully saturated rings. The third-order valence-corrected chi connectivity index (χ3v) is 2.90. The van der Waals surface area contributed by atoms with Crippen molar-refractivity contribution in [2.75, 3.05) is 13.2 Å². The minimum absolute atomic E-state index is 0.108. The molecule has 15 heavy (non-hydrogen) atoms. The fourth-order valence-corrected chi connectivity index (χ4v) is 1.93. The van der Waals surface area contributed by atoms with Crippen LogP contribution in [0.2, 0.25) is 0 Å². The highest BCUT2D eigenvalue weighted by Gasteiger charge is 2.44. The first-order chi connectivity index (χ1) is 7.16. The Bertz CT molecular complexity index is 288. The second-order valence-corrected chi connectivity index (χ2v) is 3.67. The Morgan fingerprint density at radius 3 is 2.60 bits per heavy atom. The van der Waals surface area contributed by atoms with Crippen molar-refractivity contribution in [1.29, 1.82) is 5.26 Å². The summed E-state index contributed by atoms with van der Waals surface area (Å²) in [6, 6.07) is 2.06. The van der Waals surface area contributed by atoms with E-state index in [0.717, 1.165) is 0 Å². The molecule has 0 aromatic rings. The fraction of sp³-hybridized carbons (Fsp3) is 0.700. The Hall–Kier alpha value is -1.41. The van der Waals surface area contributed by atoms with Gasteiger partial charge >= 0.3 is 5.97 Å². The molecule has 1 N–H and O–H groups in total. The number of carboxylic acids is 1. The van der Waals surface area contributed by atoms with Crippen LogP contribution < -0.4 is 0 Å². The Kier molecular flexibility index (Phi) is 3.81. The molecule has 1 aliphatic heterocycles. The van der Waals surface area contributed by atoms with Crippen molar-refractivity contribution in [1.82, 2.24) is 0 Å². The average molecular weight is 211 g/mol. The van der Waals surface area contributed by atoms with Crippen molar-refractivity contribution in [2.45, 2.75) is 19.3 Å². The van der Waals surface area contributed by atoms with Crippen molar-refractivity contribution in [3.63, 3.8) is 0 Å². The van der Waals surface area contributed by atoms with E-state index in [1.807, 2.05) is 0 Å². The van der Waals surface area contributed by atoms with Crippen LogP contribution in [0.15, 0.2) is 0 Å². The zero-order valence-electron chi connectivity index (χ0n) is 8.31. The number of carbonyl (C=O) groups excluding carboxylic acids is 1. The molecule has 5 heteroatoms. The number of carboxylic acid groups (broad SMARTS) is 1. The van der Waals surface area contributed by atoms with Crippen LogP contribution in [0.25, 0.3) is 0 Å². The molecule has 0 spiro atoms. The summed E-state index contributed by atoms with van der Waals surface area (Å²) >= 11 is 0. The van der Waals surface area contributed by atoms with E-state index in [9.17, 15) is 9.59 Å². The second-order valence-electron chi connectivity index (χ2n) is 3.67. The van der Waals surface area contributed by atoms with Gasteiger partial charge in [0.1, 0.15) is 6.29 Å². The lowest BCUT2D eigenvalue weighted by Crippen LogP contribution is -2.39. The lowest BCUT2D eigenvalue weighted by molar-refractivity contribution is -0.148. The Morgan fingerprint density at radius 2 is 2.20 bits per heavy atom. The largest absolute Gasteiger partial charge is 0.481 e. The summed E-state index contributed by atoms with van der Waals surface area (Å²) in [5.41, 5.74) is -0.939. The minimum atomic E-state index is -1.08. The monoisotopic (exact) mass is 211 g/mol. The van der Waals surface area contributed by atoms with Crippen molar-refractivity contribution < 1.29 is 19.4 Å². The Morgan fingerprint density at radius 1 is 1.60 bits per heavy atom. The number of aliphatic carboxylic acids is 1. The predicted octanol–water partition coefficient (Wildman–Crippen LogP) is 0.597. The highest BCUT2D eigenvalue weighted by Crippen LogP contribution is 2.39. The van der Waals surface area contributed by atoms with Crippen LogP contribution in [0.4, 0.5) is 0 Å². The predicted molar refractivity (Wildman–Crippen MR) is 49.9 cm³/mol. The molecule has 1 rings (SSSR count). The quantitative estimate of drug-likeness (QED) is 0.688. The molecule has 1 saturated heterocycles. The molecule has 82 valence electrons. The first kappa shape index (κ1) is 11.7. The topological polar surface area (TPSA) is 87.4 Å². The van der Waals surface area contributed by atoms with Gasteiger partial charge in [-0.15, -0.1) is 0 Å². The highest BCUT2D eigenvalue weighted by molar-refractivity contribution is 5.75. The summed E-state index contributed by atoms with van der Waals surface area (Å²) in [6.07, 6.45) is 1.22. The van der Waals surface area contributed by atoms with Crippen molar-refractivity contribution in [2.24, 2.45) is 11.3 Å². The first-order valence-corrected chi connectivity index (χ1v) is 4.82. The average Bonchev–Trinajstić information content (AvgIpc) is 2.26. The Labute approximate surface area is 87.6 Å². The zero-order chi connectivity index (χ0) is 11.3. The third-order valence-electron chi connectivity index (χ3n) is 2.90. The maximum Gasteiger partial charge on any atom is 0.308 e. The summed E-state index contributed by atoms with van der Waals surface area (Å²) < 4.78 is 5.10. The summed E-state index contributed by atoms with van der Waals surface area (Å²) in [6.45, 7) is 0.770. The first-order valence-electron chi connectivity index (χ1n) is 4.82. The number of carbonyl (C=O) groups is 2. The van der Waals surface area contributed by atoms with Crippen LogP contribution in [0.3, 0.4) is 0 Å². The van der Waals surface area contributed by atoms with E-state index < -0.39 is 17.3 Å². The lowest BCUT2D eigenvalue weighted by Gasteiger charge is -2.34. The van der Waals surface area contributed by atoms with E-state index in [-0.39, 0.29) is 6.42 Å². The summed E-state index contributed by atoms with van der Waals surface area (Å²) in [5, 5.41) is 18.1. The zero-order valence-corrected chi connectivity index (χ0v) is 8.31. The maximum absolute atomic E-state index is 11.0. The number of nitriles is 1. The van der Waals surface area contributed by atoms with Gasteiger partial charge in [0, 0.05) is 19.6 Å². The van der Waals surface area contributed by atoms with Gasteiger partial charge in [-0.1, -0.05) is 0 Å². The van der Waals surface area contributed by atoms with Gasteiger partial charge < -0.3 is 14.6 Å². The maximum atomic E-state index is 11.0. The SMILES string of the molecule is N#CC1(C(CC=O)C(=O)O)CCOCC1. The summed E-state index contributed by atoms with van der Waals surface area (Å²) in [5.74, 6) is -1.99. The van der Waals surface area contributed by atoms with E-state index >= 15 is 0 Å². The summed E-state index contributed by atoms with van der Waals surface area (Å²) in [7, 11) is 0. The van der Waals surface area contributed by atoms with Gasteiger partial charge in [-0.2, -0.15) is 5.26 Å². The molecule has 1 aliphatic rings. The molecule has 0 aromatic heterocycles. The second kappa shape index (κ2) is 4.89. The van der Waals surface area contributed by atoms with Crippen LogP contribution in [0.1, 0.15) is 19.3 Å². The van der Waals surface area contributed by atoms with E-state index in [1.54, 1.807) is 0 Å². The number of ether oxygens (including phenoxy) is 1. The van der Waals surface area contributed by atoms with E-state index in [4.69, 9.17) is 15.1 Å². The number of nitrogens with zero attached hydrogens (tertiary/aromatic N) is 1. The summed E-state index contributed by atoms with van der Waals surface area (Å²) in [4.78, 5) is 21.4. The molecule has 1 unspecified atom stereocenters. The minimum Gasteiger partial charge on any atom is -0.481 e. The van der Waals surface area contributed by atoms with E-state index in [0.29, 0.717) is 32.3 Å². The van der Waals surface area contributed by atoms with E-state index in [1.165, 1.54) is 0 Å². The van der Waals surface area contributed by atoms with Gasteiger partial charge in [-0.3, -0.25) is 4.79 Å². The van der Waals surface area contributed by atoms with Gasteiger partial charge in [0.2, 0.25) is 0 Å².